The van der Waals surface area contributed by atoms with Gasteiger partial charge in [0.2, 0.25) is 11.8 Å². The molecule has 1 atom stereocenters. The van der Waals surface area contributed by atoms with Crippen LogP contribution in [0.15, 0.2) is 18.2 Å². The molecule has 112 valence electrons. The molecule has 0 N–H and O–H groups in total. The Bertz CT molecular complexity index is 598. The fraction of sp³-hybridized carbons (Fsp3) is 0.500. The van der Waals surface area contributed by atoms with Crippen molar-refractivity contribution in [1.82, 2.24) is 4.90 Å². The van der Waals surface area contributed by atoms with E-state index in [4.69, 9.17) is 11.6 Å². The highest BCUT2D eigenvalue weighted by molar-refractivity contribution is 6.31. The normalized spacial score (nSPS) is 22.6. The molecule has 1 aliphatic heterocycles. The van der Waals surface area contributed by atoms with Crippen LogP contribution in [-0.2, 0) is 9.59 Å². The van der Waals surface area contributed by atoms with E-state index in [0.29, 0.717) is 18.1 Å². The zero-order valence-corrected chi connectivity index (χ0v) is 13.1. The predicted molar refractivity (Wildman–Crippen MR) is 82.4 cm³/mol. The van der Waals surface area contributed by atoms with Crippen molar-refractivity contribution in [1.29, 1.82) is 0 Å². The second kappa shape index (κ2) is 5.34. The third-order valence-corrected chi connectivity index (χ3v) is 4.56. The second-order valence-corrected chi connectivity index (χ2v) is 6.34. The number of carbonyl (C=O) groups is 2. The lowest BCUT2D eigenvalue weighted by atomic mass is 10.1. The number of piperazine rings is 1. The summed E-state index contributed by atoms with van der Waals surface area (Å²) in [6.07, 6.45) is 1.93. The molecular weight excluding hydrogens is 288 g/mol. The van der Waals surface area contributed by atoms with Gasteiger partial charge >= 0.3 is 0 Å². The Labute approximate surface area is 129 Å². The van der Waals surface area contributed by atoms with Crippen LogP contribution in [0.5, 0.6) is 0 Å². The molecule has 2 amide bonds. The van der Waals surface area contributed by atoms with E-state index in [1.807, 2.05) is 32.0 Å². The predicted octanol–water partition coefficient (Wildman–Crippen LogP) is 2.62. The summed E-state index contributed by atoms with van der Waals surface area (Å²) >= 11 is 6.05. The minimum atomic E-state index is -0.398. The van der Waals surface area contributed by atoms with Gasteiger partial charge in [-0.2, -0.15) is 0 Å². The molecule has 0 bridgehead atoms. The van der Waals surface area contributed by atoms with E-state index in [0.717, 1.165) is 24.1 Å². The van der Waals surface area contributed by atoms with E-state index >= 15 is 0 Å². The average molecular weight is 307 g/mol. The lowest BCUT2D eigenvalue weighted by Gasteiger charge is -2.39. The maximum absolute atomic E-state index is 12.6. The molecule has 2 fully saturated rings. The number of amides is 2. The SMILES string of the molecule is Cc1ccc(Cl)cc1N1CCN(C(=O)C2CC2)[C@@H](C)C1=O. The summed E-state index contributed by atoms with van der Waals surface area (Å²) in [4.78, 5) is 28.3. The molecule has 0 spiro atoms. The van der Waals surface area contributed by atoms with Crippen molar-refractivity contribution in [2.45, 2.75) is 32.7 Å². The number of anilines is 1. The van der Waals surface area contributed by atoms with Crippen molar-refractivity contribution < 1.29 is 9.59 Å². The van der Waals surface area contributed by atoms with Crippen molar-refractivity contribution in [2.24, 2.45) is 5.92 Å². The zero-order chi connectivity index (χ0) is 15.1. The van der Waals surface area contributed by atoms with Gasteiger partial charge in [0.25, 0.3) is 0 Å². The second-order valence-electron chi connectivity index (χ2n) is 5.90. The third kappa shape index (κ3) is 2.64. The fourth-order valence-electron chi connectivity index (χ4n) is 2.85. The Morgan fingerprint density at radius 2 is 2.00 bits per heavy atom. The van der Waals surface area contributed by atoms with Crippen molar-refractivity contribution in [3.05, 3.63) is 28.8 Å². The molecule has 21 heavy (non-hydrogen) atoms. The Morgan fingerprint density at radius 3 is 2.67 bits per heavy atom. The molecule has 4 nitrogen and oxygen atoms in total. The number of carbonyl (C=O) groups excluding carboxylic acids is 2. The molecule has 2 aliphatic rings. The van der Waals surface area contributed by atoms with Gasteiger partial charge in [-0.05, 0) is 44.4 Å². The standard InChI is InChI=1S/C16H19ClN2O2/c1-10-3-6-13(17)9-14(10)19-8-7-18(11(2)15(19)20)16(21)12-4-5-12/h3,6,9,11-12H,4-5,7-8H2,1-2H3/t11-/m0/s1. The van der Waals surface area contributed by atoms with Gasteiger partial charge in [-0.25, -0.2) is 0 Å². The molecule has 1 aromatic rings. The van der Waals surface area contributed by atoms with E-state index in [-0.39, 0.29) is 17.7 Å². The number of aryl methyl sites for hydroxylation is 1. The topological polar surface area (TPSA) is 40.6 Å². The van der Waals surface area contributed by atoms with Crippen LogP contribution in [-0.4, -0.2) is 35.8 Å². The average Bonchev–Trinajstić information content (AvgIpc) is 3.29. The summed E-state index contributed by atoms with van der Waals surface area (Å²) in [6.45, 7) is 4.90. The Hall–Kier alpha value is -1.55. The van der Waals surface area contributed by atoms with E-state index in [1.165, 1.54) is 0 Å². The smallest absolute Gasteiger partial charge is 0.249 e. The maximum Gasteiger partial charge on any atom is 0.249 e. The van der Waals surface area contributed by atoms with Crippen LogP contribution >= 0.6 is 11.6 Å². The van der Waals surface area contributed by atoms with Crippen molar-refractivity contribution in [2.75, 3.05) is 18.0 Å². The molecule has 0 radical (unpaired) electrons. The third-order valence-electron chi connectivity index (χ3n) is 4.33. The minimum Gasteiger partial charge on any atom is -0.329 e. The van der Waals surface area contributed by atoms with Crippen molar-refractivity contribution >= 4 is 29.1 Å². The molecule has 1 aliphatic carbocycles. The van der Waals surface area contributed by atoms with Gasteiger partial charge in [-0.1, -0.05) is 17.7 Å². The summed E-state index contributed by atoms with van der Waals surface area (Å²) in [5.41, 5.74) is 1.86. The van der Waals surface area contributed by atoms with E-state index < -0.39 is 6.04 Å². The van der Waals surface area contributed by atoms with Gasteiger partial charge in [0, 0.05) is 29.7 Å². The monoisotopic (exact) mass is 306 g/mol. The first-order chi connectivity index (χ1) is 9.99. The van der Waals surface area contributed by atoms with Gasteiger partial charge in [0.1, 0.15) is 6.04 Å². The number of hydrogen-bond donors (Lipinski definition) is 0. The summed E-state index contributed by atoms with van der Waals surface area (Å²) in [6, 6.07) is 5.16. The summed E-state index contributed by atoms with van der Waals surface area (Å²) in [5.74, 6) is 0.263. The number of halogens is 1. The quantitative estimate of drug-likeness (QED) is 0.843. The number of nitrogens with zero attached hydrogens (tertiary/aromatic N) is 2. The van der Waals surface area contributed by atoms with Crippen LogP contribution in [0.2, 0.25) is 5.02 Å². The number of hydrogen-bond acceptors (Lipinski definition) is 2. The highest BCUT2D eigenvalue weighted by Crippen LogP contribution is 2.33. The maximum atomic E-state index is 12.6. The molecule has 1 saturated heterocycles. The first-order valence-corrected chi connectivity index (χ1v) is 7.75. The summed E-state index contributed by atoms with van der Waals surface area (Å²) in [7, 11) is 0. The van der Waals surface area contributed by atoms with E-state index in [2.05, 4.69) is 0 Å². The van der Waals surface area contributed by atoms with Crippen LogP contribution in [0, 0.1) is 12.8 Å². The Kier molecular flexibility index (Phi) is 3.66. The van der Waals surface area contributed by atoms with Gasteiger partial charge in [-0.3, -0.25) is 9.59 Å². The number of rotatable bonds is 2. The molecule has 5 heteroatoms. The van der Waals surface area contributed by atoms with Crippen LogP contribution in [0.4, 0.5) is 5.69 Å². The Balaban J connectivity index is 1.82. The van der Waals surface area contributed by atoms with Crippen molar-refractivity contribution in [3.8, 4) is 0 Å². The van der Waals surface area contributed by atoms with E-state index in [9.17, 15) is 9.59 Å². The van der Waals surface area contributed by atoms with Crippen LogP contribution in [0.3, 0.4) is 0 Å². The molecule has 0 aromatic heterocycles. The first kappa shape index (κ1) is 14.4. The first-order valence-electron chi connectivity index (χ1n) is 7.37. The lowest BCUT2D eigenvalue weighted by molar-refractivity contribution is -0.141. The van der Waals surface area contributed by atoms with Crippen LogP contribution in [0.25, 0.3) is 0 Å². The Morgan fingerprint density at radius 1 is 1.29 bits per heavy atom. The zero-order valence-electron chi connectivity index (χ0n) is 12.3. The van der Waals surface area contributed by atoms with Crippen molar-refractivity contribution in [3.63, 3.8) is 0 Å². The molecule has 0 unspecified atom stereocenters. The molecule has 3 rings (SSSR count). The lowest BCUT2D eigenvalue weighted by Crippen LogP contribution is -2.58. The van der Waals surface area contributed by atoms with Crippen LogP contribution < -0.4 is 4.90 Å². The van der Waals surface area contributed by atoms with Gasteiger partial charge in [0.15, 0.2) is 0 Å². The molecule has 1 aromatic carbocycles. The fourth-order valence-corrected chi connectivity index (χ4v) is 3.02. The molecule has 1 heterocycles. The van der Waals surface area contributed by atoms with Gasteiger partial charge in [-0.15, -0.1) is 0 Å². The van der Waals surface area contributed by atoms with Gasteiger partial charge < -0.3 is 9.80 Å². The molecule has 1 saturated carbocycles. The largest absolute Gasteiger partial charge is 0.329 e. The van der Waals surface area contributed by atoms with E-state index in [1.54, 1.807) is 9.80 Å². The highest BCUT2D eigenvalue weighted by atomic mass is 35.5. The summed E-state index contributed by atoms with van der Waals surface area (Å²) in [5, 5.41) is 0.618. The minimum absolute atomic E-state index is 0.0272. The number of benzene rings is 1. The van der Waals surface area contributed by atoms with Crippen LogP contribution in [0.1, 0.15) is 25.3 Å². The highest BCUT2D eigenvalue weighted by Gasteiger charge is 2.41. The molecular formula is C16H19ClN2O2. The summed E-state index contributed by atoms with van der Waals surface area (Å²) < 4.78 is 0. The van der Waals surface area contributed by atoms with Gasteiger partial charge in [0.05, 0.1) is 0 Å².